The Morgan fingerprint density at radius 2 is 2.10 bits per heavy atom. The molecule has 21 heavy (non-hydrogen) atoms. The number of hydrogen-bond acceptors (Lipinski definition) is 4. The van der Waals surface area contributed by atoms with Crippen LogP contribution in [0.15, 0.2) is 42.5 Å². The van der Waals surface area contributed by atoms with Gasteiger partial charge in [-0.1, -0.05) is 18.2 Å². The van der Waals surface area contributed by atoms with Crippen LogP contribution in [0.5, 0.6) is 11.5 Å². The highest BCUT2D eigenvalue weighted by molar-refractivity contribution is 5.97. The third kappa shape index (κ3) is 2.50. The molecule has 0 saturated carbocycles. The highest BCUT2D eigenvalue weighted by atomic mass is 16.5. The summed E-state index contributed by atoms with van der Waals surface area (Å²) in [6, 6.07) is 13.0. The Bertz CT molecular complexity index is 685. The van der Waals surface area contributed by atoms with Crippen LogP contribution in [0.4, 0.5) is 11.4 Å². The lowest BCUT2D eigenvalue weighted by Crippen LogP contribution is -2.38. The quantitative estimate of drug-likeness (QED) is 0.878. The minimum atomic E-state index is -0.0666. The molecule has 1 amide bonds. The molecule has 0 fully saturated rings. The van der Waals surface area contributed by atoms with E-state index in [1.165, 1.54) is 0 Å². The van der Waals surface area contributed by atoms with E-state index in [0.717, 1.165) is 17.0 Å². The second kappa shape index (κ2) is 5.36. The van der Waals surface area contributed by atoms with E-state index in [2.05, 4.69) is 0 Å². The third-order valence-corrected chi connectivity index (χ3v) is 3.44. The van der Waals surface area contributed by atoms with Crippen molar-refractivity contribution in [3.63, 3.8) is 0 Å². The first-order valence-corrected chi connectivity index (χ1v) is 6.63. The summed E-state index contributed by atoms with van der Waals surface area (Å²) in [6.07, 6.45) is 0. The average Bonchev–Trinajstić information content (AvgIpc) is 2.50. The second-order valence-electron chi connectivity index (χ2n) is 4.81. The van der Waals surface area contributed by atoms with Gasteiger partial charge in [-0.2, -0.15) is 0 Å². The van der Waals surface area contributed by atoms with E-state index in [-0.39, 0.29) is 12.5 Å². The summed E-state index contributed by atoms with van der Waals surface area (Å²) in [4.78, 5) is 13.8. The highest BCUT2D eigenvalue weighted by Gasteiger charge is 2.25. The molecule has 3 rings (SSSR count). The van der Waals surface area contributed by atoms with Gasteiger partial charge in [0.15, 0.2) is 6.61 Å². The lowest BCUT2D eigenvalue weighted by atomic mass is 10.1. The maximum atomic E-state index is 12.1. The van der Waals surface area contributed by atoms with Crippen LogP contribution in [0.2, 0.25) is 0 Å². The fourth-order valence-corrected chi connectivity index (χ4v) is 2.39. The number of carbonyl (C=O) groups is 1. The van der Waals surface area contributed by atoms with Gasteiger partial charge in [0, 0.05) is 0 Å². The Kier molecular flexibility index (Phi) is 3.39. The Hall–Kier alpha value is -2.69. The topological polar surface area (TPSA) is 64.8 Å². The molecule has 1 heterocycles. The first-order chi connectivity index (χ1) is 10.2. The van der Waals surface area contributed by atoms with Gasteiger partial charge in [-0.3, -0.25) is 4.79 Å². The number of amides is 1. The molecule has 0 atom stereocenters. The summed E-state index contributed by atoms with van der Waals surface area (Å²) in [5.41, 5.74) is 8.20. The van der Waals surface area contributed by atoms with Gasteiger partial charge in [0.25, 0.3) is 5.91 Å². The molecular formula is C16H16N2O3. The number of methoxy groups -OCH3 is 1. The minimum Gasteiger partial charge on any atom is -0.495 e. The molecule has 5 heteroatoms. The molecule has 108 valence electrons. The number of rotatable bonds is 3. The predicted octanol–water partition coefficient (Wildman–Crippen LogP) is 2.20. The molecule has 2 aromatic carbocycles. The van der Waals surface area contributed by atoms with Crippen LogP contribution >= 0.6 is 0 Å². The first-order valence-electron chi connectivity index (χ1n) is 6.63. The lowest BCUT2D eigenvalue weighted by Gasteiger charge is -2.29. The Balaban J connectivity index is 1.90. The molecule has 1 aliphatic heterocycles. The SMILES string of the molecule is COc1ccc(CN2C(=O)COc3ccccc32)cc1N. The Morgan fingerprint density at radius 1 is 1.29 bits per heavy atom. The van der Waals surface area contributed by atoms with E-state index < -0.39 is 0 Å². The van der Waals surface area contributed by atoms with Crippen LogP contribution in [0.1, 0.15) is 5.56 Å². The number of benzene rings is 2. The molecular weight excluding hydrogens is 268 g/mol. The summed E-state index contributed by atoms with van der Waals surface area (Å²) < 4.78 is 10.6. The van der Waals surface area contributed by atoms with Crippen molar-refractivity contribution in [1.82, 2.24) is 0 Å². The monoisotopic (exact) mass is 284 g/mol. The van der Waals surface area contributed by atoms with Gasteiger partial charge >= 0.3 is 0 Å². The maximum Gasteiger partial charge on any atom is 0.265 e. The van der Waals surface area contributed by atoms with Gasteiger partial charge in [-0.25, -0.2) is 0 Å². The zero-order chi connectivity index (χ0) is 14.8. The van der Waals surface area contributed by atoms with Crippen LogP contribution in [0, 0.1) is 0 Å². The molecule has 2 N–H and O–H groups in total. The maximum absolute atomic E-state index is 12.1. The van der Waals surface area contributed by atoms with Crippen molar-refractivity contribution in [1.29, 1.82) is 0 Å². The van der Waals surface area contributed by atoms with Gasteiger partial charge in [-0.05, 0) is 29.8 Å². The van der Waals surface area contributed by atoms with Crippen molar-refractivity contribution in [2.24, 2.45) is 0 Å². The van der Waals surface area contributed by atoms with E-state index in [4.69, 9.17) is 15.2 Å². The van der Waals surface area contributed by atoms with Crippen LogP contribution in [0.25, 0.3) is 0 Å². The highest BCUT2D eigenvalue weighted by Crippen LogP contribution is 2.33. The third-order valence-electron chi connectivity index (χ3n) is 3.44. The molecule has 0 saturated heterocycles. The predicted molar refractivity (Wildman–Crippen MR) is 80.5 cm³/mol. The minimum absolute atomic E-state index is 0.0582. The van der Waals surface area contributed by atoms with Crippen LogP contribution in [0.3, 0.4) is 0 Å². The van der Waals surface area contributed by atoms with Gasteiger partial charge in [-0.15, -0.1) is 0 Å². The standard InChI is InChI=1S/C16H16N2O3/c1-20-14-7-6-11(8-12(14)17)9-18-13-4-2-3-5-15(13)21-10-16(18)19/h2-8H,9-10,17H2,1H3. The van der Waals surface area contributed by atoms with E-state index in [0.29, 0.717) is 18.0 Å². The number of nitrogens with two attached hydrogens (primary N) is 1. The Labute approximate surface area is 122 Å². The van der Waals surface area contributed by atoms with Crippen molar-refractivity contribution in [3.05, 3.63) is 48.0 Å². The number of carbonyl (C=O) groups excluding carboxylic acids is 1. The van der Waals surface area contributed by atoms with Crippen LogP contribution < -0.4 is 20.1 Å². The summed E-state index contributed by atoms with van der Waals surface area (Å²) in [6.45, 7) is 0.510. The van der Waals surface area contributed by atoms with Crippen molar-refractivity contribution >= 4 is 17.3 Å². The fourth-order valence-electron chi connectivity index (χ4n) is 2.39. The van der Waals surface area contributed by atoms with Gasteiger partial charge < -0.3 is 20.1 Å². The number of ether oxygens (including phenoxy) is 2. The summed E-state index contributed by atoms with van der Waals surface area (Å²) in [7, 11) is 1.58. The van der Waals surface area contributed by atoms with E-state index in [1.807, 2.05) is 42.5 Å². The lowest BCUT2D eigenvalue weighted by molar-refractivity contribution is -0.121. The van der Waals surface area contributed by atoms with Crippen molar-refractivity contribution < 1.29 is 14.3 Å². The van der Waals surface area contributed by atoms with Gasteiger partial charge in [0.1, 0.15) is 11.5 Å². The molecule has 0 unspecified atom stereocenters. The number of nitrogen functional groups attached to an aromatic ring is 1. The van der Waals surface area contributed by atoms with Gasteiger partial charge in [0.2, 0.25) is 0 Å². The molecule has 5 nitrogen and oxygen atoms in total. The van der Waals surface area contributed by atoms with Crippen LogP contribution in [-0.4, -0.2) is 19.6 Å². The molecule has 0 bridgehead atoms. The smallest absolute Gasteiger partial charge is 0.265 e. The van der Waals surface area contributed by atoms with Crippen molar-refractivity contribution in [2.45, 2.75) is 6.54 Å². The molecule has 0 radical (unpaired) electrons. The van der Waals surface area contributed by atoms with E-state index in [1.54, 1.807) is 12.0 Å². The molecule has 0 aromatic heterocycles. The molecule has 0 spiro atoms. The Morgan fingerprint density at radius 3 is 2.86 bits per heavy atom. The number of fused-ring (bicyclic) bond motifs is 1. The number of anilines is 2. The zero-order valence-corrected chi connectivity index (χ0v) is 11.7. The van der Waals surface area contributed by atoms with E-state index >= 15 is 0 Å². The summed E-state index contributed by atoms with van der Waals surface area (Å²) in [5.74, 6) is 1.29. The molecule has 0 aliphatic carbocycles. The van der Waals surface area contributed by atoms with Gasteiger partial charge in [0.05, 0.1) is 25.0 Å². The number of para-hydroxylation sites is 2. The largest absolute Gasteiger partial charge is 0.495 e. The molecule has 1 aliphatic rings. The second-order valence-corrected chi connectivity index (χ2v) is 4.81. The zero-order valence-electron chi connectivity index (χ0n) is 11.7. The number of nitrogens with zero attached hydrogens (tertiary/aromatic N) is 1. The van der Waals surface area contributed by atoms with E-state index in [9.17, 15) is 4.79 Å². The number of hydrogen-bond donors (Lipinski definition) is 1. The van der Waals surface area contributed by atoms with Crippen molar-refractivity contribution in [3.8, 4) is 11.5 Å². The normalized spacial score (nSPS) is 13.6. The summed E-state index contributed by atoms with van der Waals surface area (Å²) in [5, 5.41) is 0. The average molecular weight is 284 g/mol. The van der Waals surface area contributed by atoms with Crippen molar-refractivity contribution in [2.75, 3.05) is 24.4 Å². The molecule has 2 aromatic rings. The summed E-state index contributed by atoms with van der Waals surface area (Å²) >= 11 is 0. The van der Waals surface area contributed by atoms with Crippen LogP contribution in [-0.2, 0) is 11.3 Å². The first kappa shape index (κ1) is 13.3. The fraction of sp³-hybridized carbons (Fsp3) is 0.188.